The molecule has 1 aromatic carbocycles. The minimum absolute atomic E-state index is 0.192. The summed E-state index contributed by atoms with van der Waals surface area (Å²) in [7, 11) is 0. The molecule has 0 aliphatic carbocycles. The van der Waals surface area contributed by atoms with E-state index in [4.69, 9.17) is 5.11 Å². The largest absolute Gasteiger partial charge is 0.463 e. The van der Waals surface area contributed by atoms with Gasteiger partial charge >= 0.3 is 0 Å². The molecule has 132 valence electrons. The van der Waals surface area contributed by atoms with Gasteiger partial charge in [0.05, 0.1) is 6.10 Å². The number of hydrogen-bond donors (Lipinski definition) is 2. The second-order valence-electron chi connectivity index (χ2n) is 6.17. The number of hydrogen-bond acceptors (Lipinski definition) is 5. The third-order valence-electron chi connectivity index (χ3n) is 4.26. The first-order valence-corrected chi connectivity index (χ1v) is 8.47. The van der Waals surface area contributed by atoms with E-state index in [1.54, 1.807) is 4.90 Å². The Balaban J connectivity index is 0.000000185. The van der Waals surface area contributed by atoms with Gasteiger partial charge in [-0.25, -0.2) is 0 Å². The first-order chi connectivity index (χ1) is 11.7. The minimum atomic E-state index is -0.275. The number of ether oxygens (including phenoxy) is 1. The van der Waals surface area contributed by atoms with Gasteiger partial charge in [0.15, 0.2) is 0 Å². The molecule has 0 radical (unpaired) electrons. The summed E-state index contributed by atoms with van der Waals surface area (Å²) in [5.41, 5.74) is 1.01. The van der Waals surface area contributed by atoms with Crippen molar-refractivity contribution in [2.45, 2.75) is 32.0 Å². The average molecular weight is 334 g/mol. The molecule has 2 N–H and O–H groups in total. The molecule has 2 aliphatic rings. The Morgan fingerprint density at radius 2 is 2.00 bits per heavy atom. The highest BCUT2D eigenvalue weighted by Crippen LogP contribution is 2.20. The van der Waals surface area contributed by atoms with Crippen LogP contribution in [-0.4, -0.2) is 54.7 Å². The van der Waals surface area contributed by atoms with Gasteiger partial charge in [-0.2, -0.15) is 0 Å². The monoisotopic (exact) mass is 334 g/mol. The van der Waals surface area contributed by atoms with Crippen molar-refractivity contribution in [3.05, 3.63) is 35.9 Å². The summed E-state index contributed by atoms with van der Waals surface area (Å²) >= 11 is 0. The Bertz CT molecular complexity index is 495. The van der Waals surface area contributed by atoms with Gasteiger partial charge in [0.1, 0.15) is 6.61 Å². The standard InChI is InChI=1S/C10H18N2O2.C8H8O2/c13-9-6-12(7-9)10(14)8-2-1-4-11-5-3-8;9-7-10-6-8-4-2-1-3-5-8/h8-9,11,13H,1-7H2;1-5,7H,6H2. The molecular formula is C18H26N2O4. The number of benzene rings is 1. The van der Waals surface area contributed by atoms with Crippen LogP contribution in [0.5, 0.6) is 0 Å². The molecular weight excluding hydrogens is 308 g/mol. The normalized spacial score (nSPS) is 20.9. The zero-order chi connectivity index (χ0) is 17.2. The lowest BCUT2D eigenvalue weighted by molar-refractivity contribution is -0.146. The molecule has 1 unspecified atom stereocenters. The highest BCUT2D eigenvalue weighted by molar-refractivity contribution is 5.79. The van der Waals surface area contributed by atoms with Crippen LogP contribution < -0.4 is 5.32 Å². The van der Waals surface area contributed by atoms with Gasteiger partial charge in [0.2, 0.25) is 5.91 Å². The maximum absolute atomic E-state index is 11.9. The number of carbonyl (C=O) groups excluding carboxylic acids is 2. The number of aliphatic hydroxyl groups is 1. The van der Waals surface area contributed by atoms with Crippen molar-refractivity contribution in [2.24, 2.45) is 5.92 Å². The van der Waals surface area contributed by atoms with Crippen molar-refractivity contribution in [1.82, 2.24) is 10.2 Å². The molecule has 0 aromatic heterocycles. The number of carbonyl (C=O) groups is 2. The van der Waals surface area contributed by atoms with Gasteiger partial charge in [-0.05, 0) is 37.9 Å². The molecule has 1 amide bonds. The van der Waals surface area contributed by atoms with Crippen LogP contribution in [0.25, 0.3) is 0 Å². The van der Waals surface area contributed by atoms with Crippen LogP contribution in [-0.2, 0) is 20.9 Å². The molecule has 24 heavy (non-hydrogen) atoms. The number of nitrogens with zero attached hydrogens (tertiary/aromatic N) is 1. The number of amides is 1. The lowest BCUT2D eigenvalue weighted by atomic mass is 9.97. The molecule has 2 heterocycles. The Morgan fingerprint density at radius 3 is 2.67 bits per heavy atom. The lowest BCUT2D eigenvalue weighted by Crippen LogP contribution is -2.55. The van der Waals surface area contributed by atoms with Crippen molar-refractivity contribution >= 4 is 12.4 Å². The van der Waals surface area contributed by atoms with Gasteiger partial charge in [-0.15, -0.1) is 0 Å². The van der Waals surface area contributed by atoms with Crippen LogP contribution in [0.15, 0.2) is 30.3 Å². The second-order valence-corrected chi connectivity index (χ2v) is 6.17. The van der Waals surface area contributed by atoms with E-state index in [9.17, 15) is 9.59 Å². The second kappa shape index (κ2) is 10.1. The number of rotatable bonds is 4. The van der Waals surface area contributed by atoms with E-state index in [0.29, 0.717) is 26.2 Å². The molecule has 6 heteroatoms. The molecule has 1 atom stereocenters. The topological polar surface area (TPSA) is 78.9 Å². The molecule has 1 aromatic rings. The maximum Gasteiger partial charge on any atom is 0.293 e. The average Bonchev–Trinajstić information content (AvgIpc) is 2.87. The Labute approximate surface area is 142 Å². The number of aliphatic hydroxyl groups excluding tert-OH is 1. The smallest absolute Gasteiger partial charge is 0.293 e. The summed E-state index contributed by atoms with van der Waals surface area (Å²) in [4.78, 5) is 23.4. The van der Waals surface area contributed by atoms with Gasteiger partial charge in [0, 0.05) is 19.0 Å². The summed E-state index contributed by atoms with van der Waals surface area (Å²) in [5.74, 6) is 0.441. The molecule has 0 spiro atoms. The third-order valence-corrected chi connectivity index (χ3v) is 4.26. The van der Waals surface area contributed by atoms with Crippen molar-refractivity contribution in [3.8, 4) is 0 Å². The van der Waals surface area contributed by atoms with E-state index < -0.39 is 0 Å². The zero-order valence-corrected chi connectivity index (χ0v) is 13.9. The number of β-amino-alcohol motifs (C(OH)–C–C–N with tert-alkyl or cyclic N) is 1. The number of nitrogens with one attached hydrogen (secondary N) is 1. The van der Waals surface area contributed by atoms with Crippen LogP contribution in [0.4, 0.5) is 0 Å². The van der Waals surface area contributed by atoms with Crippen molar-refractivity contribution in [2.75, 3.05) is 26.2 Å². The molecule has 3 rings (SSSR count). The molecule has 0 bridgehead atoms. The van der Waals surface area contributed by atoms with E-state index in [1.165, 1.54) is 0 Å². The van der Waals surface area contributed by atoms with Gasteiger partial charge < -0.3 is 20.1 Å². The predicted molar refractivity (Wildman–Crippen MR) is 90.1 cm³/mol. The van der Waals surface area contributed by atoms with E-state index in [1.807, 2.05) is 30.3 Å². The fraction of sp³-hybridized carbons (Fsp3) is 0.556. The molecule has 2 fully saturated rings. The van der Waals surface area contributed by atoms with Crippen LogP contribution in [0.2, 0.25) is 0 Å². The van der Waals surface area contributed by atoms with Crippen LogP contribution in [0.1, 0.15) is 24.8 Å². The minimum Gasteiger partial charge on any atom is -0.463 e. The van der Waals surface area contributed by atoms with E-state index >= 15 is 0 Å². The van der Waals surface area contributed by atoms with E-state index in [-0.39, 0.29) is 17.9 Å². The van der Waals surface area contributed by atoms with Crippen molar-refractivity contribution in [1.29, 1.82) is 0 Å². The predicted octanol–water partition coefficient (Wildman–Crippen LogP) is 0.939. The summed E-state index contributed by atoms with van der Waals surface area (Å²) < 4.78 is 4.54. The summed E-state index contributed by atoms with van der Waals surface area (Å²) in [6.07, 6.45) is 2.76. The third kappa shape index (κ3) is 5.94. The summed E-state index contributed by atoms with van der Waals surface area (Å²) in [6, 6.07) is 9.55. The quantitative estimate of drug-likeness (QED) is 0.801. The van der Waals surface area contributed by atoms with Crippen LogP contribution >= 0.6 is 0 Å². The SMILES string of the molecule is O=C(C1CCCNCC1)N1CC(O)C1.O=COCc1ccccc1. The first-order valence-electron chi connectivity index (χ1n) is 8.47. The van der Waals surface area contributed by atoms with Gasteiger partial charge in [-0.1, -0.05) is 30.3 Å². The van der Waals surface area contributed by atoms with Crippen LogP contribution in [0.3, 0.4) is 0 Å². The summed E-state index contributed by atoms with van der Waals surface area (Å²) in [6.45, 7) is 3.89. The highest BCUT2D eigenvalue weighted by Gasteiger charge is 2.33. The Kier molecular flexibility index (Phi) is 7.71. The maximum atomic E-state index is 11.9. The molecule has 0 saturated carbocycles. The van der Waals surface area contributed by atoms with E-state index in [0.717, 1.165) is 37.9 Å². The fourth-order valence-electron chi connectivity index (χ4n) is 2.86. The fourth-order valence-corrected chi connectivity index (χ4v) is 2.86. The van der Waals surface area contributed by atoms with Crippen molar-refractivity contribution < 1.29 is 19.4 Å². The molecule has 2 aliphatic heterocycles. The number of likely N-dealkylation sites (tertiary alicyclic amines) is 1. The Morgan fingerprint density at radius 1 is 1.25 bits per heavy atom. The lowest BCUT2D eigenvalue weighted by Gasteiger charge is -2.38. The molecule has 2 saturated heterocycles. The highest BCUT2D eigenvalue weighted by atomic mass is 16.5. The summed E-state index contributed by atoms with van der Waals surface area (Å²) in [5, 5.41) is 12.4. The van der Waals surface area contributed by atoms with Gasteiger partial charge in [-0.3, -0.25) is 9.59 Å². The van der Waals surface area contributed by atoms with Crippen molar-refractivity contribution in [3.63, 3.8) is 0 Å². The van der Waals surface area contributed by atoms with Crippen LogP contribution in [0, 0.1) is 5.92 Å². The first kappa shape index (κ1) is 18.4. The van der Waals surface area contributed by atoms with Gasteiger partial charge in [0.25, 0.3) is 6.47 Å². The van der Waals surface area contributed by atoms with E-state index in [2.05, 4.69) is 10.1 Å². The molecule has 6 nitrogen and oxygen atoms in total. The zero-order valence-electron chi connectivity index (χ0n) is 13.9. The Hall–Kier alpha value is -1.92.